The van der Waals surface area contributed by atoms with E-state index in [2.05, 4.69) is 34.6 Å². The lowest BCUT2D eigenvalue weighted by molar-refractivity contribution is -0.0489. The van der Waals surface area contributed by atoms with Gasteiger partial charge in [0.2, 0.25) is 0 Å². The Morgan fingerprint density at radius 1 is 1.29 bits per heavy atom. The minimum absolute atomic E-state index is 0.00825. The van der Waals surface area contributed by atoms with Crippen molar-refractivity contribution in [3.8, 4) is 0 Å². The van der Waals surface area contributed by atoms with Crippen LogP contribution in [0.2, 0.25) is 5.31 Å². The molecule has 0 amide bonds. The molecule has 0 bridgehead atoms. The summed E-state index contributed by atoms with van der Waals surface area (Å²) in [5.41, 5.74) is 0.304. The molecule has 5 atom stereocenters. The minimum atomic E-state index is -0.132. The highest BCUT2D eigenvalue weighted by Crippen LogP contribution is 2.71. The fraction of sp³-hybridized carbons (Fsp3) is 1.00. The van der Waals surface area contributed by atoms with Crippen molar-refractivity contribution in [3.05, 3.63) is 0 Å². The van der Waals surface area contributed by atoms with Crippen molar-refractivity contribution in [1.29, 1.82) is 0 Å². The molecule has 0 heterocycles. The van der Waals surface area contributed by atoms with Crippen molar-refractivity contribution in [1.82, 2.24) is 0 Å². The van der Waals surface area contributed by atoms with Crippen LogP contribution in [0, 0.1) is 16.7 Å². The highest BCUT2D eigenvalue weighted by molar-refractivity contribution is 7.82. The quantitative estimate of drug-likeness (QED) is 0.564. The van der Waals surface area contributed by atoms with Crippen molar-refractivity contribution in [2.24, 2.45) is 16.7 Å². The van der Waals surface area contributed by atoms with Crippen LogP contribution in [-0.2, 0) is 4.74 Å². The van der Waals surface area contributed by atoms with E-state index < -0.39 is 0 Å². The Labute approximate surface area is 138 Å². The van der Waals surface area contributed by atoms with E-state index in [-0.39, 0.29) is 20.9 Å². The number of hydrogen-bond donors (Lipinski definition) is 1. The Balaban J connectivity index is 2.39. The summed E-state index contributed by atoms with van der Waals surface area (Å²) in [7, 11) is 8.92. The molecule has 0 saturated heterocycles. The van der Waals surface area contributed by atoms with Gasteiger partial charge in [0, 0.05) is 17.3 Å². The first kappa shape index (κ1) is 17.7. The zero-order chi connectivity index (χ0) is 16.1. The second-order valence-electron chi connectivity index (χ2n) is 8.50. The largest absolute Gasteiger partial charge is 0.381 e. The van der Waals surface area contributed by atoms with Crippen LogP contribution < -0.4 is 0 Å². The maximum Gasteiger partial charge on any atom is 0.0757 e. The molecule has 0 aromatic heterocycles. The average molecular weight is 308 g/mol. The molecular formula is C18H33BOS. The second kappa shape index (κ2) is 5.48. The molecule has 120 valence electrons. The monoisotopic (exact) mass is 308 g/mol. The van der Waals surface area contributed by atoms with Gasteiger partial charge in [0.05, 0.1) is 14.0 Å². The van der Waals surface area contributed by atoms with E-state index in [0.29, 0.717) is 12.0 Å². The van der Waals surface area contributed by atoms with Gasteiger partial charge in [-0.25, -0.2) is 0 Å². The predicted octanol–water partition coefficient (Wildman–Crippen LogP) is 5.05. The first-order chi connectivity index (χ1) is 9.59. The molecule has 2 saturated carbocycles. The van der Waals surface area contributed by atoms with Crippen molar-refractivity contribution in [3.63, 3.8) is 0 Å². The van der Waals surface area contributed by atoms with Crippen LogP contribution >= 0.6 is 12.6 Å². The zero-order valence-corrected chi connectivity index (χ0v) is 15.7. The van der Waals surface area contributed by atoms with Crippen molar-refractivity contribution in [2.45, 2.75) is 89.3 Å². The molecule has 5 unspecified atom stereocenters. The summed E-state index contributed by atoms with van der Waals surface area (Å²) in [6.07, 6.45) is 7.15. The van der Waals surface area contributed by atoms with Gasteiger partial charge in [-0.3, -0.25) is 0 Å². The maximum atomic E-state index is 7.06. The standard InChI is InChI=1S/C18H33BOS/c1-7-9-15(3,4)17(19)12-11-16(5)14(20-6)8-10-18(16,21)13(17)2/h13-14,21H,7-12H2,1-6H3. The Bertz CT molecular complexity index is 395. The Morgan fingerprint density at radius 3 is 2.43 bits per heavy atom. The summed E-state index contributed by atoms with van der Waals surface area (Å²) in [4.78, 5) is 0. The van der Waals surface area contributed by atoms with E-state index >= 15 is 0 Å². The SMILES string of the molecule is [B]C1(C(C)(C)CCC)CCC2(C)C(OC)CCC2(S)C1C. The van der Waals surface area contributed by atoms with Crippen LogP contribution in [0.4, 0.5) is 0 Å². The smallest absolute Gasteiger partial charge is 0.0757 e. The Kier molecular flexibility index (Phi) is 4.62. The third kappa shape index (κ3) is 2.24. The van der Waals surface area contributed by atoms with Crippen LogP contribution in [0.1, 0.15) is 73.1 Å². The molecule has 1 nitrogen and oxygen atoms in total. The summed E-state index contributed by atoms with van der Waals surface area (Å²) >= 11 is 5.25. The molecule has 2 fully saturated rings. The Morgan fingerprint density at radius 2 is 1.90 bits per heavy atom. The van der Waals surface area contributed by atoms with E-state index in [0.717, 1.165) is 25.7 Å². The van der Waals surface area contributed by atoms with E-state index in [1.54, 1.807) is 0 Å². The molecule has 0 aromatic carbocycles. The van der Waals surface area contributed by atoms with Crippen LogP contribution in [0.15, 0.2) is 0 Å². The molecule has 2 aliphatic rings. The minimum Gasteiger partial charge on any atom is -0.381 e. The molecule has 2 radical (unpaired) electrons. The molecule has 21 heavy (non-hydrogen) atoms. The van der Waals surface area contributed by atoms with Gasteiger partial charge < -0.3 is 4.74 Å². The number of thiol groups is 1. The summed E-state index contributed by atoms with van der Waals surface area (Å²) in [5.74, 6) is 0.397. The third-order valence-electron chi connectivity index (χ3n) is 7.45. The van der Waals surface area contributed by atoms with Crippen LogP contribution in [0.3, 0.4) is 0 Å². The van der Waals surface area contributed by atoms with E-state index in [1.807, 2.05) is 7.11 Å². The van der Waals surface area contributed by atoms with Crippen LogP contribution in [-0.4, -0.2) is 25.8 Å². The summed E-state index contributed by atoms with van der Waals surface area (Å²) < 4.78 is 5.80. The lowest BCUT2D eigenvalue weighted by Gasteiger charge is -2.63. The first-order valence-electron chi connectivity index (χ1n) is 8.63. The highest BCUT2D eigenvalue weighted by Gasteiger charge is 2.65. The van der Waals surface area contributed by atoms with Crippen molar-refractivity contribution < 1.29 is 4.74 Å². The molecule has 0 spiro atoms. The van der Waals surface area contributed by atoms with Gasteiger partial charge in [0.15, 0.2) is 0 Å². The number of ether oxygens (including phenoxy) is 1. The Hall–Kier alpha value is 0.375. The zero-order valence-electron chi connectivity index (χ0n) is 14.8. The van der Waals surface area contributed by atoms with E-state index in [9.17, 15) is 0 Å². The predicted molar refractivity (Wildman–Crippen MR) is 95.4 cm³/mol. The molecule has 0 N–H and O–H groups in total. The number of hydrogen-bond acceptors (Lipinski definition) is 2. The van der Waals surface area contributed by atoms with Crippen molar-refractivity contribution in [2.75, 3.05) is 7.11 Å². The molecular weight excluding hydrogens is 275 g/mol. The summed E-state index contributed by atoms with van der Waals surface area (Å²) in [6, 6.07) is 0. The van der Waals surface area contributed by atoms with Crippen molar-refractivity contribution >= 4 is 20.5 Å². The number of methoxy groups -OCH3 is 1. The molecule has 0 aliphatic heterocycles. The summed E-state index contributed by atoms with van der Waals surface area (Å²) in [5, 5.41) is -0.132. The molecule has 3 heteroatoms. The topological polar surface area (TPSA) is 9.23 Å². The molecule has 0 aromatic rings. The van der Waals surface area contributed by atoms with Gasteiger partial charge in [-0.05, 0) is 37.0 Å². The third-order valence-corrected chi connectivity index (χ3v) is 8.58. The normalized spacial score (nSPS) is 47.4. The van der Waals surface area contributed by atoms with Gasteiger partial charge in [-0.15, -0.1) is 0 Å². The number of fused-ring (bicyclic) bond motifs is 1. The molecule has 2 aliphatic carbocycles. The van der Waals surface area contributed by atoms with Gasteiger partial charge in [-0.1, -0.05) is 52.8 Å². The van der Waals surface area contributed by atoms with Crippen LogP contribution in [0.5, 0.6) is 0 Å². The molecule has 2 rings (SSSR count). The van der Waals surface area contributed by atoms with Gasteiger partial charge in [0.25, 0.3) is 0 Å². The lowest BCUT2D eigenvalue weighted by Crippen LogP contribution is -2.58. The van der Waals surface area contributed by atoms with E-state index in [4.69, 9.17) is 25.2 Å². The van der Waals surface area contributed by atoms with Gasteiger partial charge in [0.1, 0.15) is 0 Å². The fourth-order valence-electron chi connectivity index (χ4n) is 5.59. The maximum absolute atomic E-state index is 7.06. The van der Waals surface area contributed by atoms with Crippen LogP contribution in [0.25, 0.3) is 0 Å². The lowest BCUT2D eigenvalue weighted by atomic mass is 9.38. The average Bonchev–Trinajstić information content (AvgIpc) is 2.68. The number of rotatable bonds is 4. The van der Waals surface area contributed by atoms with E-state index in [1.165, 1.54) is 12.8 Å². The second-order valence-corrected chi connectivity index (χ2v) is 9.30. The highest BCUT2D eigenvalue weighted by atomic mass is 32.1. The van der Waals surface area contributed by atoms with Gasteiger partial charge in [-0.2, -0.15) is 12.6 Å². The van der Waals surface area contributed by atoms with Gasteiger partial charge >= 0.3 is 0 Å². The first-order valence-corrected chi connectivity index (χ1v) is 9.08. The summed E-state index contributed by atoms with van der Waals surface area (Å²) in [6.45, 7) is 11.7. The fourth-order valence-corrected chi connectivity index (χ4v) is 6.21.